The van der Waals surface area contributed by atoms with Gasteiger partial charge in [0.1, 0.15) is 6.04 Å². The Morgan fingerprint density at radius 1 is 1.16 bits per heavy atom. The zero-order valence-electron chi connectivity index (χ0n) is 14.3. The van der Waals surface area contributed by atoms with Gasteiger partial charge in [0.25, 0.3) is 5.56 Å². The molecule has 0 saturated heterocycles. The van der Waals surface area contributed by atoms with Crippen molar-refractivity contribution in [1.82, 2.24) is 15.4 Å². The molecule has 2 aromatic rings. The Balaban J connectivity index is 2.28. The standard InChI is InChI=1S/C16H19N5O4/c1-9-5-14(22)19-16(18-9)21-20-11(8-17)10-6-12(23-2)15(25-4)13(7-10)24-3/h5-7,11,20H,1-4H3,(H2,18,19,21,22)/t11-/m0/s1. The number of anilines is 1. The zero-order chi connectivity index (χ0) is 18.4. The van der Waals surface area contributed by atoms with Crippen molar-refractivity contribution in [2.45, 2.75) is 13.0 Å². The van der Waals surface area contributed by atoms with Crippen LogP contribution in [0.5, 0.6) is 17.2 Å². The van der Waals surface area contributed by atoms with Gasteiger partial charge in [0.2, 0.25) is 11.7 Å². The number of hydrazine groups is 1. The number of benzene rings is 1. The average molecular weight is 345 g/mol. The van der Waals surface area contributed by atoms with Gasteiger partial charge in [-0.25, -0.2) is 10.4 Å². The summed E-state index contributed by atoms with van der Waals surface area (Å²) in [5.41, 5.74) is 6.37. The van der Waals surface area contributed by atoms with Crippen LogP contribution in [0.25, 0.3) is 0 Å². The second-order valence-electron chi connectivity index (χ2n) is 5.03. The average Bonchev–Trinajstić information content (AvgIpc) is 2.60. The number of nitrogens with zero attached hydrogens (tertiary/aromatic N) is 2. The summed E-state index contributed by atoms with van der Waals surface area (Å²) in [5.74, 6) is 1.50. The molecule has 1 aromatic carbocycles. The van der Waals surface area contributed by atoms with Crippen molar-refractivity contribution >= 4 is 5.95 Å². The minimum absolute atomic E-state index is 0.206. The Labute approximate surface area is 144 Å². The molecule has 0 aliphatic carbocycles. The van der Waals surface area contributed by atoms with Gasteiger partial charge in [0.15, 0.2) is 11.5 Å². The van der Waals surface area contributed by atoms with Crippen LogP contribution in [0.4, 0.5) is 5.95 Å². The van der Waals surface area contributed by atoms with E-state index < -0.39 is 6.04 Å². The van der Waals surface area contributed by atoms with Crippen LogP contribution in [0, 0.1) is 18.3 Å². The molecule has 0 aliphatic rings. The molecule has 132 valence electrons. The predicted molar refractivity (Wildman–Crippen MR) is 90.8 cm³/mol. The molecule has 9 heteroatoms. The maximum atomic E-state index is 11.5. The molecular formula is C16H19N5O4. The molecule has 0 amide bonds. The molecule has 0 aliphatic heterocycles. The van der Waals surface area contributed by atoms with Gasteiger partial charge in [-0.05, 0) is 24.6 Å². The van der Waals surface area contributed by atoms with Gasteiger partial charge in [-0.3, -0.25) is 15.2 Å². The fourth-order valence-electron chi connectivity index (χ4n) is 2.24. The second-order valence-corrected chi connectivity index (χ2v) is 5.03. The van der Waals surface area contributed by atoms with Crippen molar-refractivity contribution in [2.75, 3.05) is 26.8 Å². The molecule has 3 N–H and O–H groups in total. The Bertz CT molecular complexity index is 818. The molecule has 0 bridgehead atoms. The van der Waals surface area contributed by atoms with Crippen LogP contribution >= 0.6 is 0 Å². The highest BCUT2D eigenvalue weighted by Crippen LogP contribution is 2.39. The first-order valence-electron chi connectivity index (χ1n) is 7.31. The molecule has 25 heavy (non-hydrogen) atoms. The molecule has 9 nitrogen and oxygen atoms in total. The number of ether oxygens (including phenoxy) is 3. The first kappa shape index (κ1) is 18.1. The van der Waals surface area contributed by atoms with Crippen molar-refractivity contribution in [3.8, 4) is 23.3 Å². The first-order chi connectivity index (χ1) is 12.0. The number of hydrogen-bond acceptors (Lipinski definition) is 8. The third-order valence-electron chi connectivity index (χ3n) is 3.35. The van der Waals surface area contributed by atoms with Crippen LogP contribution in [0.3, 0.4) is 0 Å². The van der Waals surface area contributed by atoms with E-state index in [0.717, 1.165) is 0 Å². The second kappa shape index (κ2) is 8.03. The van der Waals surface area contributed by atoms with Gasteiger partial charge >= 0.3 is 0 Å². The first-order valence-corrected chi connectivity index (χ1v) is 7.31. The third kappa shape index (κ3) is 4.19. The number of rotatable bonds is 7. The summed E-state index contributed by atoms with van der Waals surface area (Å²) in [6.07, 6.45) is 0. The summed E-state index contributed by atoms with van der Waals surface area (Å²) in [7, 11) is 4.49. The number of aromatic nitrogens is 2. The van der Waals surface area contributed by atoms with Crippen LogP contribution in [0.1, 0.15) is 17.3 Å². The lowest BCUT2D eigenvalue weighted by atomic mass is 10.1. The highest BCUT2D eigenvalue weighted by molar-refractivity contribution is 5.55. The van der Waals surface area contributed by atoms with Crippen LogP contribution < -0.4 is 30.6 Å². The number of hydrogen-bond donors (Lipinski definition) is 3. The van der Waals surface area contributed by atoms with Crippen molar-refractivity contribution in [2.24, 2.45) is 0 Å². The SMILES string of the molecule is COc1cc([C@H](C#N)NNc2nc(C)cc(=O)[nH]2)cc(OC)c1OC. The molecule has 0 unspecified atom stereocenters. The highest BCUT2D eigenvalue weighted by Gasteiger charge is 2.18. The number of H-pyrrole nitrogens is 1. The van der Waals surface area contributed by atoms with Gasteiger partial charge in [-0.2, -0.15) is 5.26 Å². The highest BCUT2D eigenvalue weighted by atomic mass is 16.5. The van der Waals surface area contributed by atoms with Gasteiger partial charge in [-0.1, -0.05) is 0 Å². The fourth-order valence-corrected chi connectivity index (χ4v) is 2.24. The smallest absolute Gasteiger partial charge is 0.252 e. The molecule has 1 heterocycles. The molecule has 1 atom stereocenters. The molecular weight excluding hydrogens is 326 g/mol. The number of nitriles is 1. The van der Waals surface area contributed by atoms with E-state index in [0.29, 0.717) is 28.5 Å². The summed E-state index contributed by atoms with van der Waals surface area (Å²) in [4.78, 5) is 18.1. The van der Waals surface area contributed by atoms with Gasteiger partial charge in [0, 0.05) is 11.8 Å². The monoisotopic (exact) mass is 345 g/mol. The predicted octanol–water partition coefficient (Wildman–Crippen LogP) is 1.29. The minimum atomic E-state index is -0.764. The lowest BCUT2D eigenvalue weighted by Crippen LogP contribution is -2.29. The normalized spacial score (nSPS) is 11.3. The van der Waals surface area contributed by atoms with Gasteiger partial charge < -0.3 is 14.2 Å². The van der Waals surface area contributed by atoms with E-state index in [1.807, 2.05) is 0 Å². The van der Waals surface area contributed by atoms with E-state index >= 15 is 0 Å². The lowest BCUT2D eigenvalue weighted by Gasteiger charge is -2.17. The largest absolute Gasteiger partial charge is 0.493 e. The maximum Gasteiger partial charge on any atom is 0.252 e. The molecule has 1 aromatic heterocycles. The van der Waals surface area contributed by atoms with Crippen LogP contribution in [-0.4, -0.2) is 31.3 Å². The van der Waals surface area contributed by atoms with Crippen LogP contribution in [-0.2, 0) is 0 Å². The molecule has 0 fully saturated rings. The fraction of sp³-hybridized carbons (Fsp3) is 0.312. The van der Waals surface area contributed by atoms with Crippen molar-refractivity contribution < 1.29 is 14.2 Å². The number of aryl methyl sites for hydroxylation is 1. The summed E-state index contributed by atoms with van der Waals surface area (Å²) >= 11 is 0. The maximum absolute atomic E-state index is 11.5. The number of methoxy groups -OCH3 is 3. The van der Waals surface area contributed by atoms with E-state index in [4.69, 9.17) is 14.2 Å². The third-order valence-corrected chi connectivity index (χ3v) is 3.35. The molecule has 0 saturated carbocycles. The minimum Gasteiger partial charge on any atom is -0.493 e. The topological polar surface area (TPSA) is 121 Å². The molecule has 0 spiro atoms. The Morgan fingerprint density at radius 2 is 1.80 bits per heavy atom. The van der Waals surface area contributed by atoms with E-state index in [-0.39, 0.29) is 11.5 Å². The van der Waals surface area contributed by atoms with E-state index in [9.17, 15) is 10.1 Å². The zero-order valence-corrected chi connectivity index (χ0v) is 14.3. The summed E-state index contributed by atoms with van der Waals surface area (Å²) in [5, 5.41) is 9.46. The van der Waals surface area contributed by atoms with E-state index in [2.05, 4.69) is 26.9 Å². The van der Waals surface area contributed by atoms with E-state index in [1.54, 1.807) is 19.1 Å². The molecule has 0 radical (unpaired) electrons. The summed E-state index contributed by atoms with van der Waals surface area (Å²) in [6, 6.07) is 6.04. The van der Waals surface area contributed by atoms with Crippen LogP contribution in [0.2, 0.25) is 0 Å². The Hall–Kier alpha value is -3.25. The van der Waals surface area contributed by atoms with Crippen molar-refractivity contribution in [1.29, 1.82) is 5.26 Å². The summed E-state index contributed by atoms with van der Waals surface area (Å²) < 4.78 is 15.8. The Kier molecular flexibility index (Phi) is 5.81. The van der Waals surface area contributed by atoms with Crippen LogP contribution in [0.15, 0.2) is 23.0 Å². The summed E-state index contributed by atoms with van der Waals surface area (Å²) in [6.45, 7) is 1.70. The molecule has 2 rings (SSSR count). The van der Waals surface area contributed by atoms with E-state index in [1.165, 1.54) is 27.4 Å². The van der Waals surface area contributed by atoms with Crippen molar-refractivity contribution in [3.05, 3.63) is 39.8 Å². The van der Waals surface area contributed by atoms with Crippen molar-refractivity contribution in [3.63, 3.8) is 0 Å². The lowest BCUT2D eigenvalue weighted by molar-refractivity contribution is 0.323. The number of nitrogens with one attached hydrogen (secondary N) is 3. The van der Waals surface area contributed by atoms with Gasteiger partial charge in [0.05, 0.1) is 27.4 Å². The quantitative estimate of drug-likeness (QED) is 0.642. The Morgan fingerprint density at radius 3 is 2.28 bits per heavy atom. The number of aromatic amines is 1. The van der Waals surface area contributed by atoms with Gasteiger partial charge in [-0.15, -0.1) is 0 Å².